The monoisotopic (exact) mass is 514 g/mol. The van der Waals surface area contributed by atoms with Gasteiger partial charge in [-0.25, -0.2) is 25.2 Å². The van der Waals surface area contributed by atoms with Gasteiger partial charge in [0.2, 0.25) is 0 Å². The molecular weight excluding hydrogens is 484 g/mol. The predicted molar refractivity (Wildman–Crippen MR) is 143 cm³/mol. The second-order valence-electron chi connectivity index (χ2n) is 9.70. The summed E-state index contributed by atoms with van der Waals surface area (Å²) >= 11 is 0. The molecule has 3 heterocycles. The summed E-state index contributed by atoms with van der Waals surface area (Å²) in [5.41, 5.74) is 5.90. The molecule has 10 heteroatoms. The van der Waals surface area contributed by atoms with Crippen molar-refractivity contribution >= 4 is 29.2 Å². The van der Waals surface area contributed by atoms with Crippen molar-refractivity contribution in [1.82, 2.24) is 19.8 Å². The van der Waals surface area contributed by atoms with Crippen molar-refractivity contribution in [3.8, 4) is 17.3 Å². The van der Waals surface area contributed by atoms with Crippen LogP contribution in [0.5, 0.6) is 0 Å². The first-order valence-corrected chi connectivity index (χ1v) is 12.3. The lowest BCUT2D eigenvalue weighted by Crippen LogP contribution is -2.36. The van der Waals surface area contributed by atoms with Crippen LogP contribution in [0.15, 0.2) is 53.8 Å². The second-order valence-corrected chi connectivity index (χ2v) is 9.70. The third kappa shape index (κ3) is 5.43. The van der Waals surface area contributed by atoms with E-state index >= 15 is 0 Å². The highest BCUT2D eigenvalue weighted by Crippen LogP contribution is 2.39. The van der Waals surface area contributed by atoms with Gasteiger partial charge in [0.25, 0.3) is 5.91 Å². The van der Waals surface area contributed by atoms with E-state index in [0.717, 1.165) is 16.9 Å². The van der Waals surface area contributed by atoms with E-state index in [1.54, 1.807) is 63.5 Å². The van der Waals surface area contributed by atoms with Gasteiger partial charge in [0.1, 0.15) is 17.1 Å². The average molecular weight is 515 g/mol. The summed E-state index contributed by atoms with van der Waals surface area (Å²) in [6, 6.07) is 9.08. The van der Waals surface area contributed by atoms with Crippen molar-refractivity contribution in [3.63, 3.8) is 0 Å². The number of aliphatic imine (C=N–C) groups is 1. The number of rotatable bonds is 6. The number of carbonyl (C=O) groups is 2. The Hall–Kier alpha value is -4.49. The van der Waals surface area contributed by atoms with Crippen molar-refractivity contribution < 1.29 is 19.2 Å². The first kappa shape index (κ1) is 26.6. The van der Waals surface area contributed by atoms with E-state index in [2.05, 4.69) is 21.5 Å². The summed E-state index contributed by atoms with van der Waals surface area (Å²) in [6.45, 7) is 9.59. The maximum atomic E-state index is 13.6. The number of nitriles is 1. The predicted octanol–water partition coefficient (Wildman–Crippen LogP) is 5.30. The fourth-order valence-electron chi connectivity index (χ4n) is 4.06. The number of hydroxylamine groups is 1. The Morgan fingerprint density at radius 2 is 2.11 bits per heavy atom. The van der Waals surface area contributed by atoms with Crippen LogP contribution in [0.2, 0.25) is 0 Å². The fourth-order valence-corrected chi connectivity index (χ4v) is 4.06. The molecule has 2 amide bonds. The van der Waals surface area contributed by atoms with Crippen LogP contribution in [0.1, 0.15) is 62.5 Å². The van der Waals surface area contributed by atoms with Gasteiger partial charge in [0, 0.05) is 11.8 Å². The van der Waals surface area contributed by atoms with E-state index in [1.165, 1.54) is 0 Å². The van der Waals surface area contributed by atoms with E-state index in [-0.39, 0.29) is 6.54 Å². The largest absolute Gasteiger partial charge is 0.443 e. The number of hydrogen-bond acceptors (Lipinski definition) is 7. The van der Waals surface area contributed by atoms with Gasteiger partial charge in [-0.05, 0) is 64.0 Å². The summed E-state index contributed by atoms with van der Waals surface area (Å²) in [4.78, 5) is 42.3. The molecule has 4 rings (SSSR count). The molecule has 2 aromatic heterocycles. The van der Waals surface area contributed by atoms with Crippen LogP contribution in [-0.2, 0) is 16.1 Å². The van der Waals surface area contributed by atoms with Gasteiger partial charge in [0.15, 0.2) is 0 Å². The molecule has 0 radical (unpaired) electrons. The van der Waals surface area contributed by atoms with E-state index in [9.17, 15) is 14.9 Å². The lowest BCUT2D eigenvalue weighted by atomic mass is 9.99. The van der Waals surface area contributed by atoms with Gasteiger partial charge in [-0.3, -0.25) is 14.0 Å². The highest BCUT2D eigenvalue weighted by atomic mass is 16.6. The Morgan fingerprint density at radius 3 is 2.79 bits per heavy atom. The van der Waals surface area contributed by atoms with Gasteiger partial charge >= 0.3 is 6.09 Å². The molecular formula is C28H30N6O4. The summed E-state index contributed by atoms with van der Waals surface area (Å²) in [5.74, 6) is -0.0806. The Labute approximate surface area is 221 Å². The summed E-state index contributed by atoms with van der Waals surface area (Å²) in [7, 11) is 0. The maximum Gasteiger partial charge on any atom is 0.417 e. The standard InChI is InChI=1S/C28H30N6O4/c1-6-8-23(32-37-13-7-2)31-21-10-9-19(22-16-30-24-14-18(15-29)11-12-33(22)24)20-17-34(26(35)25(20)21)27(36)38-28(3,4)5/h6,8-12,14,16H,7,13,17H2,1-5H3,(H,31,32)/b8-6-. The first-order valence-electron chi connectivity index (χ1n) is 12.3. The van der Waals surface area contributed by atoms with E-state index in [0.29, 0.717) is 46.2 Å². The van der Waals surface area contributed by atoms with E-state index < -0.39 is 17.6 Å². The van der Waals surface area contributed by atoms with Gasteiger partial charge in [-0.1, -0.05) is 19.1 Å². The zero-order chi connectivity index (χ0) is 27.4. The van der Waals surface area contributed by atoms with Crippen molar-refractivity contribution in [2.75, 3.05) is 6.61 Å². The number of nitrogens with zero attached hydrogens (tertiary/aromatic N) is 5. The number of aromatic nitrogens is 2. The minimum absolute atomic E-state index is 0.0179. The SMILES string of the molecule is C/C=C\C(=Nc1ccc(-c2cnc3cc(C#N)ccn23)c2c1C(=O)N(C(=O)OC(C)(C)C)C2)NOCCC. The van der Waals surface area contributed by atoms with Gasteiger partial charge in [0.05, 0.1) is 47.9 Å². The molecule has 0 aliphatic carbocycles. The smallest absolute Gasteiger partial charge is 0.417 e. The summed E-state index contributed by atoms with van der Waals surface area (Å²) < 4.78 is 7.35. The molecule has 0 fully saturated rings. The highest BCUT2D eigenvalue weighted by Gasteiger charge is 2.39. The fraction of sp³-hybridized carbons (Fsp3) is 0.321. The molecule has 0 saturated heterocycles. The molecule has 0 bridgehead atoms. The number of amidine groups is 1. The van der Waals surface area contributed by atoms with E-state index in [4.69, 9.17) is 9.57 Å². The zero-order valence-electron chi connectivity index (χ0n) is 22.1. The lowest BCUT2D eigenvalue weighted by molar-refractivity contribution is 0.0248. The Balaban J connectivity index is 1.85. The van der Waals surface area contributed by atoms with E-state index in [1.807, 2.05) is 24.3 Å². The first-order chi connectivity index (χ1) is 18.2. The van der Waals surface area contributed by atoms with Crippen LogP contribution in [0.3, 0.4) is 0 Å². The minimum Gasteiger partial charge on any atom is -0.443 e. The number of hydrogen-bond donors (Lipinski definition) is 1. The Bertz CT molecular complexity index is 1490. The van der Waals surface area contributed by atoms with Crippen LogP contribution in [0.25, 0.3) is 16.9 Å². The highest BCUT2D eigenvalue weighted by molar-refractivity contribution is 6.11. The molecule has 0 spiro atoms. The van der Waals surface area contributed by atoms with Crippen LogP contribution >= 0.6 is 0 Å². The number of amides is 2. The molecule has 0 saturated carbocycles. The van der Waals surface area contributed by atoms with Crippen LogP contribution < -0.4 is 5.48 Å². The minimum atomic E-state index is -0.768. The van der Waals surface area contributed by atoms with Crippen LogP contribution in [0.4, 0.5) is 10.5 Å². The van der Waals surface area contributed by atoms with Crippen LogP contribution in [0, 0.1) is 11.3 Å². The topological polar surface area (TPSA) is 121 Å². The Morgan fingerprint density at radius 1 is 1.32 bits per heavy atom. The molecule has 10 nitrogen and oxygen atoms in total. The molecule has 1 aromatic carbocycles. The Kier molecular flexibility index (Phi) is 7.60. The molecule has 1 aliphatic heterocycles. The van der Waals surface area contributed by atoms with Crippen molar-refractivity contribution in [1.29, 1.82) is 5.26 Å². The van der Waals surface area contributed by atoms with Crippen molar-refractivity contribution in [2.24, 2.45) is 4.99 Å². The number of imidazole rings is 1. The number of nitrogens with one attached hydrogen (secondary N) is 1. The second kappa shape index (κ2) is 10.9. The lowest BCUT2D eigenvalue weighted by Gasteiger charge is -2.23. The summed E-state index contributed by atoms with van der Waals surface area (Å²) in [5, 5.41) is 9.24. The molecule has 3 aromatic rings. The number of imide groups is 1. The third-order valence-corrected chi connectivity index (χ3v) is 5.65. The van der Waals surface area contributed by atoms with Crippen molar-refractivity contribution in [2.45, 2.75) is 53.2 Å². The third-order valence-electron chi connectivity index (χ3n) is 5.65. The normalized spacial score (nSPS) is 13.7. The molecule has 0 atom stereocenters. The number of allylic oxidation sites excluding steroid dienone is 1. The number of fused-ring (bicyclic) bond motifs is 2. The molecule has 0 unspecified atom stereocenters. The molecule has 196 valence electrons. The maximum absolute atomic E-state index is 13.6. The molecule has 1 aliphatic rings. The quantitative estimate of drug-likeness (QED) is 0.205. The molecule has 1 N–H and O–H groups in total. The summed E-state index contributed by atoms with van der Waals surface area (Å²) in [6.07, 6.45) is 7.07. The van der Waals surface area contributed by atoms with Crippen LogP contribution in [-0.4, -0.2) is 44.3 Å². The number of pyridine rings is 1. The van der Waals surface area contributed by atoms with Crippen molar-refractivity contribution in [3.05, 3.63) is 65.5 Å². The molecule has 38 heavy (non-hydrogen) atoms. The number of carbonyl (C=O) groups excluding carboxylic acids is 2. The zero-order valence-corrected chi connectivity index (χ0v) is 22.1. The number of benzene rings is 1. The average Bonchev–Trinajstić information content (AvgIpc) is 3.44. The van der Waals surface area contributed by atoms with Gasteiger partial charge in [-0.2, -0.15) is 5.26 Å². The number of ether oxygens (including phenoxy) is 1. The van der Waals surface area contributed by atoms with Gasteiger partial charge in [-0.15, -0.1) is 0 Å². The van der Waals surface area contributed by atoms with Gasteiger partial charge < -0.3 is 4.74 Å².